The van der Waals surface area contributed by atoms with E-state index in [1.807, 2.05) is 11.0 Å². The number of aryl methyl sites for hydroxylation is 1. The van der Waals surface area contributed by atoms with Crippen LogP contribution in [0, 0.1) is 6.92 Å². The first kappa shape index (κ1) is 18.9. The van der Waals surface area contributed by atoms with Crippen molar-refractivity contribution in [1.82, 2.24) is 19.8 Å². The summed E-state index contributed by atoms with van der Waals surface area (Å²) in [6.07, 6.45) is 6.65. The van der Waals surface area contributed by atoms with Crippen LogP contribution in [0.15, 0.2) is 42.7 Å². The number of rotatable bonds is 7. The van der Waals surface area contributed by atoms with Crippen molar-refractivity contribution < 1.29 is 4.79 Å². The third-order valence-electron chi connectivity index (χ3n) is 5.61. The van der Waals surface area contributed by atoms with Gasteiger partial charge in [0.1, 0.15) is 0 Å². The average molecular weight is 380 g/mol. The molecule has 2 fully saturated rings. The van der Waals surface area contributed by atoms with Crippen LogP contribution < -0.4 is 4.90 Å². The monoisotopic (exact) mass is 379 g/mol. The minimum absolute atomic E-state index is 0.267. The number of anilines is 1. The van der Waals surface area contributed by atoms with Crippen molar-refractivity contribution in [1.29, 1.82) is 0 Å². The molecule has 1 saturated heterocycles. The maximum absolute atomic E-state index is 12.7. The lowest BCUT2D eigenvalue weighted by Gasteiger charge is -2.35. The number of amides is 1. The van der Waals surface area contributed by atoms with Gasteiger partial charge in [0.25, 0.3) is 0 Å². The molecule has 0 N–H and O–H groups in total. The molecular weight excluding hydrogens is 350 g/mol. The van der Waals surface area contributed by atoms with Crippen LogP contribution in [0.25, 0.3) is 0 Å². The maximum atomic E-state index is 12.7. The SMILES string of the molecule is Cc1cccc(CN(CCC(=O)N2CCN(c3ncccn3)CC2)C2CC2)c1. The van der Waals surface area contributed by atoms with E-state index in [-0.39, 0.29) is 5.91 Å². The van der Waals surface area contributed by atoms with Crippen LogP contribution in [0.1, 0.15) is 30.4 Å². The minimum atomic E-state index is 0.267. The second kappa shape index (κ2) is 8.69. The van der Waals surface area contributed by atoms with Gasteiger partial charge in [-0.25, -0.2) is 9.97 Å². The molecule has 2 aliphatic rings. The van der Waals surface area contributed by atoms with Crippen LogP contribution in [-0.4, -0.2) is 64.4 Å². The van der Waals surface area contributed by atoms with Gasteiger partial charge < -0.3 is 9.80 Å². The fourth-order valence-electron chi connectivity index (χ4n) is 3.88. The Morgan fingerprint density at radius 2 is 1.86 bits per heavy atom. The highest BCUT2D eigenvalue weighted by atomic mass is 16.2. The number of nitrogens with zero attached hydrogens (tertiary/aromatic N) is 5. The third-order valence-corrected chi connectivity index (χ3v) is 5.61. The first-order valence-electron chi connectivity index (χ1n) is 10.3. The third kappa shape index (κ3) is 4.87. The smallest absolute Gasteiger partial charge is 0.225 e. The first-order valence-corrected chi connectivity index (χ1v) is 10.3. The number of benzene rings is 1. The Bertz CT molecular complexity index is 785. The molecular formula is C22H29N5O. The van der Waals surface area contributed by atoms with E-state index in [1.165, 1.54) is 24.0 Å². The van der Waals surface area contributed by atoms with E-state index in [4.69, 9.17) is 0 Å². The maximum Gasteiger partial charge on any atom is 0.225 e. The normalized spacial score (nSPS) is 17.2. The molecule has 1 aromatic carbocycles. The molecule has 0 atom stereocenters. The van der Waals surface area contributed by atoms with Gasteiger partial charge in [-0.15, -0.1) is 0 Å². The molecule has 6 nitrogen and oxygen atoms in total. The van der Waals surface area contributed by atoms with Gasteiger partial charge >= 0.3 is 0 Å². The second-order valence-corrected chi connectivity index (χ2v) is 7.86. The summed E-state index contributed by atoms with van der Waals surface area (Å²) in [5.74, 6) is 1.02. The fourth-order valence-corrected chi connectivity index (χ4v) is 3.88. The van der Waals surface area contributed by atoms with E-state index < -0.39 is 0 Å². The second-order valence-electron chi connectivity index (χ2n) is 7.86. The van der Waals surface area contributed by atoms with Crippen LogP contribution in [-0.2, 0) is 11.3 Å². The highest BCUT2D eigenvalue weighted by Crippen LogP contribution is 2.28. The lowest BCUT2D eigenvalue weighted by molar-refractivity contribution is -0.131. The van der Waals surface area contributed by atoms with Crippen LogP contribution in [0.3, 0.4) is 0 Å². The Morgan fingerprint density at radius 3 is 2.54 bits per heavy atom. The lowest BCUT2D eigenvalue weighted by Crippen LogP contribution is -2.49. The molecule has 0 spiro atoms. The fraction of sp³-hybridized carbons (Fsp3) is 0.500. The number of carbonyl (C=O) groups excluding carboxylic acids is 1. The van der Waals surface area contributed by atoms with E-state index in [2.05, 4.69) is 51.0 Å². The van der Waals surface area contributed by atoms with E-state index in [9.17, 15) is 4.79 Å². The van der Waals surface area contributed by atoms with E-state index in [0.717, 1.165) is 45.2 Å². The molecule has 2 heterocycles. The molecule has 1 aliphatic carbocycles. The van der Waals surface area contributed by atoms with Crippen molar-refractivity contribution in [3.8, 4) is 0 Å². The Morgan fingerprint density at radius 1 is 1.11 bits per heavy atom. The highest BCUT2D eigenvalue weighted by molar-refractivity contribution is 5.76. The molecule has 148 valence electrons. The van der Waals surface area contributed by atoms with Gasteiger partial charge in [0, 0.05) is 64.1 Å². The molecule has 2 aromatic rings. The molecule has 1 aromatic heterocycles. The number of carbonyl (C=O) groups is 1. The van der Waals surface area contributed by atoms with Gasteiger partial charge in [-0.05, 0) is 31.4 Å². The molecule has 1 saturated carbocycles. The van der Waals surface area contributed by atoms with Gasteiger partial charge in [0.15, 0.2) is 0 Å². The largest absolute Gasteiger partial charge is 0.339 e. The summed E-state index contributed by atoms with van der Waals surface area (Å²) in [6.45, 7) is 7.01. The van der Waals surface area contributed by atoms with Crippen LogP contribution in [0.5, 0.6) is 0 Å². The summed E-state index contributed by atoms with van der Waals surface area (Å²) in [5.41, 5.74) is 2.64. The Labute approximate surface area is 167 Å². The number of hydrogen-bond acceptors (Lipinski definition) is 5. The Hall–Kier alpha value is -2.47. The molecule has 0 radical (unpaired) electrons. The van der Waals surface area contributed by atoms with E-state index in [1.54, 1.807) is 12.4 Å². The zero-order valence-corrected chi connectivity index (χ0v) is 16.6. The highest BCUT2D eigenvalue weighted by Gasteiger charge is 2.30. The van der Waals surface area contributed by atoms with Crippen molar-refractivity contribution >= 4 is 11.9 Å². The molecule has 1 aliphatic heterocycles. The lowest BCUT2D eigenvalue weighted by atomic mass is 10.1. The quantitative estimate of drug-likeness (QED) is 0.740. The van der Waals surface area contributed by atoms with Gasteiger partial charge in [-0.2, -0.15) is 0 Å². The molecule has 0 unspecified atom stereocenters. The predicted octanol–water partition coefficient (Wildman–Crippen LogP) is 2.49. The standard InChI is InChI=1S/C22H29N5O/c1-18-4-2-5-19(16-18)17-27(20-6-7-20)11-8-21(28)25-12-14-26(15-13-25)22-23-9-3-10-24-22/h2-5,9-10,16,20H,6-8,11-15,17H2,1H3. The summed E-state index contributed by atoms with van der Waals surface area (Å²) in [5, 5.41) is 0. The minimum Gasteiger partial charge on any atom is -0.339 e. The van der Waals surface area contributed by atoms with Crippen molar-refractivity contribution in [3.05, 3.63) is 53.9 Å². The molecule has 28 heavy (non-hydrogen) atoms. The average Bonchev–Trinajstić information content (AvgIpc) is 3.57. The van der Waals surface area contributed by atoms with E-state index in [0.29, 0.717) is 12.5 Å². The van der Waals surface area contributed by atoms with Gasteiger partial charge in [-0.1, -0.05) is 29.8 Å². The first-order chi connectivity index (χ1) is 13.7. The van der Waals surface area contributed by atoms with Gasteiger partial charge in [0.2, 0.25) is 11.9 Å². The van der Waals surface area contributed by atoms with Crippen molar-refractivity contribution in [3.63, 3.8) is 0 Å². The van der Waals surface area contributed by atoms with Crippen LogP contribution >= 0.6 is 0 Å². The Balaban J connectivity index is 1.26. The molecule has 1 amide bonds. The summed E-state index contributed by atoms with van der Waals surface area (Å²) in [4.78, 5) is 28.0. The van der Waals surface area contributed by atoms with E-state index >= 15 is 0 Å². The molecule has 4 rings (SSSR count). The topological polar surface area (TPSA) is 52.6 Å². The summed E-state index contributed by atoms with van der Waals surface area (Å²) in [7, 11) is 0. The molecule has 0 bridgehead atoms. The van der Waals surface area contributed by atoms with Crippen LogP contribution in [0.2, 0.25) is 0 Å². The number of aromatic nitrogens is 2. The van der Waals surface area contributed by atoms with Gasteiger partial charge in [-0.3, -0.25) is 9.69 Å². The predicted molar refractivity (Wildman–Crippen MR) is 110 cm³/mol. The van der Waals surface area contributed by atoms with Crippen molar-refractivity contribution in [2.24, 2.45) is 0 Å². The van der Waals surface area contributed by atoms with Crippen LogP contribution in [0.4, 0.5) is 5.95 Å². The van der Waals surface area contributed by atoms with Crippen molar-refractivity contribution in [2.75, 3.05) is 37.6 Å². The number of hydrogen-bond donors (Lipinski definition) is 0. The molecule has 6 heteroatoms. The zero-order valence-electron chi connectivity index (χ0n) is 16.6. The van der Waals surface area contributed by atoms with Crippen molar-refractivity contribution in [2.45, 2.75) is 38.8 Å². The summed E-state index contributed by atoms with van der Waals surface area (Å²) in [6, 6.07) is 11.2. The zero-order chi connectivity index (χ0) is 19.3. The summed E-state index contributed by atoms with van der Waals surface area (Å²) >= 11 is 0. The van der Waals surface area contributed by atoms with Gasteiger partial charge in [0.05, 0.1) is 0 Å². The Kier molecular flexibility index (Phi) is 5.86. The number of piperazine rings is 1. The summed E-state index contributed by atoms with van der Waals surface area (Å²) < 4.78 is 0.